The molecule has 0 amide bonds. The molecule has 8 nitrogen and oxygen atoms in total. The predicted octanol–water partition coefficient (Wildman–Crippen LogP) is 3.33. The van der Waals surface area contributed by atoms with Crippen molar-refractivity contribution in [1.82, 2.24) is 9.78 Å². The van der Waals surface area contributed by atoms with E-state index in [4.69, 9.17) is 10.5 Å². The fraction of sp³-hybridized carbons (Fsp3) is 0.261. The minimum Gasteiger partial charge on any atom is -0.497 e. The normalized spacial score (nSPS) is 11.7. The van der Waals surface area contributed by atoms with Crippen molar-refractivity contribution < 1.29 is 4.74 Å². The predicted molar refractivity (Wildman–Crippen MR) is 124 cm³/mol. The average molecular weight is 419 g/mol. The summed E-state index contributed by atoms with van der Waals surface area (Å²) in [6, 6.07) is 13.1. The molecule has 4 aromatic rings. The van der Waals surface area contributed by atoms with Crippen molar-refractivity contribution in [3.05, 3.63) is 68.5 Å². The molecule has 4 N–H and O–H groups in total. The van der Waals surface area contributed by atoms with Gasteiger partial charge in [0.05, 0.1) is 18.2 Å². The third kappa shape index (κ3) is 3.72. The highest BCUT2D eigenvalue weighted by Crippen LogP contribution is 2.30. The van der Waals surface area contributed by atoms with Gasteiger partial charge in [-0.1, -0.05) is 12.1 Å². The fourth-order valence-electron chi connectivity index (χ4n) is 3.53. The van der Waals surface area contributed by atoms with Crippen molar-refractivity contribution in [2.24, 2.45) is 0 Å². The van der Waals surface area contributed by atoms with Crippen molar-refractivity contribution in [3.8, 4) is 5.75 Å². The van der Waals surface area contributed by atoms with Crippen LogP contribution in [-0.4, -0.2) is 16.9 Å². The van der Waals surface area contributed by atoms with Crippen LogP contribution in [0.1, 0.15) is 26.3 Å². The van der Waals surface area contributed by atoms with Gasteiger partial charge >= 0.3 is 0 Å². The number of aromatic nitrogens is 2. The summed E-state index contributed by atoms with van der Waals surface area (Å²) in [5, 5.41) is 11.4. The zero-order valence-electron chi connectivity index (χ0n) is 17.9. The van der Waals surface area contributed by atoms with E-state index < -0.39 is 10.9 Å². The monoisotopic (exact) mass is 419 g/mol. The largest absolute Gasteiger partial charge is 0.497 e. The Morgan fingerprint density at radius 1 is 1.06 bits per heavy atom. The van der Waals surface area contributed by atoms with Crippen LogP contribution >= 0.6 is 0 Å². The second kappa shape index (κ2) is 7.46. The Bertz CT molecular complexity index is 1340. The number of nitrogens with zero attached hydrogens (tertiary/aromatic N) is 2. The van der Waals surface area contributed by atoms with Gasteiger partial charge in [-0.2, -0.15) is 5.10 Å². The number of nitrogen functional groups attached to an aromatic ring is 1. The van der Waals surface area contributed by atoms with Crippen LogP contribution in [-0.2, 0) is 12.1 Å². The second-order valence-corrected chi connectivity index (χ2v) is 8.44. The maximum atomic E-state index is 12.2. The molecule has 0 radical (unpaired) electrons. The SMILES string of the molecule is COc1cccc(CNc2c(Nc3ccc4c(c3)c(N)nn4C(C)(C)C)c(=O)c2=O)c1. The van der Waals surface area contributed by atoms with Gasteiger partial charge in [0.25, 0.3) is 10.9 Å². The zero-order chi connectivity index (χ0) is 22.3. The maximum absolute atomic E-state index is 12.2. The van der Waals surface area contributed by atoms with Gasteiger partial charge in [-0.3, -0.25) is 14.3 Å². The van der Waals surface area contributed by atoms with Gasteiger partial charge in [0.15, 0.2) is 5.82 Å². The lowest BCUT2D eigenvalue weighted by Gasteiger charge is -2.20. The van der Waals surface area contributed by atoms with Crippen LogP contribution in [0.3, 0.4) is 0 Å². The first kappa shape index (κ1) is 20.5. The van der Waals surface area contributed by atoms with E-state index in [-0.39, 0.29) is 16.9 Å². The first-order valence-electron chi connectivity index (χ1n) is 9.95. The third-order valence-corrected chi connectivity index (χ3v) is 5.13. The summed E-state index contributed by atoms with van der Waals surface area (Å²) in [5.74, 6) is 1.14. The fourth-order valence-corrected chi connectivity index (χ4v) is 3.53. The van der Waals surface area contributed by atoms with Gasteiger partial charge in [-0.15, -0.1) is 0 Å². The van der Waals surface area contributed by atoms with Gasteiger partial charge in [0.2, 0.25) is 0 Å². The van der Waals surface area contributed by atoms with Gasteiger partial charge in [-0.05, 0) is 56.7 Å². The molecule has 1 aromatic heterocycles. The summed E-state index contributed by atoms with van der Waals surface area (Å²) in [6.07, 6.45) is 0. The number of benzene rings is 2. The summed E-state index contributed by atoms with van der Waals surface area (Å²) in [7, 11) is 1.60. The molecule has 0 spiro atoms. The Kier molecular flexibility index (Phi) is 4.93. The summed E-state index contributed by atoms with van der Waals surface area (Å²) >= 11 is 0. The van der Waals surface area contributed by atoms with Crippen LogP contribution in [0.4, 0.5) is 22.9 Å². The van der Waals surface area contributed by atoms with Crippen molar-refractivity contribution in [2.45, 2.75) is 32.9 Å². The standard InChI is InChI=1S/C23H25N5O3/c1-23(2,3)28-17-9-8-14(11-16(17)22(24)27-28)26-19-18(20(29)21(19)30)25-12-13-6-5-7-15(10-13)31-4/h5-11,25-26H,12H2,1-4H3,(H2,24,27). The Labute approximate surface area is 179 Å². The molecule has 0 saturated heterocycles. The molecular weight excluding hydrogens is 394 g/mol. The molecule has 0 fully saturated rings. The highest BCUT2D eigenvalue weighted by molar-refractivity contribution is 5.93. The van der Waals surface area contributed by atoms with E-state index in [1.54, 1.807) is 7.11 Å². The van der Waals surface area contributed by atoms with E-state index in [1.807, 2.05) is 47.1 Å². The molecule has 31 heavy (non-hydrogen) atoms. The molecule has 0 atom stereocenters. The Morgan fingerprint density at radius 2 is 1.81 bits per heavy atom. The van der Waals surface area contributed by atoms with Crippen molar-refractivity contribution in [3.63, 3.8) is 0 Å². The van der Waals surface area contributed by atoms with Crippen molar-refractivity contribution in [2.75, 3.05) is 23.5 Å². The summed E-state index contributed by atoms with van der Waals surface area (Å²) in [5.41, 5.74) is 7.81. The topological polar surface area (TPSA) is 111 Å². The van der Waals surface area contributed by atoms with Crippen LogP contribution in [0, 0.1) is 0 Å². The molecule has 0 unspecified atom stereocenters. The van der Waals surface area contributed by atoms with E-state index >= 15 is 0 Å². The van der Waals surface area contributed by atoms with E-state index in [0.717, 1.165) is 22.2 Å². The molecule has 0 aliphatic heterocycles. The average Bonchev–Trinajstić information content (AvgIpc) is 3.09. The molecule has 3 aromatic carbocycles. The molecular formula is C23H25N5O3. The number of hydrogen-bond donors (Lipinski definition) is 3. The van der Waals surface area contributed by atoms with Gasteiger partial charge in [-0.25, -0.2) is 0 Å². The van der Waals surface area contributed by atoms with E-state index in [1.165, 1.54) is 0 Å². The smallest absolute Gasteiger partial charge is 0.253 e. The first-order valence-corrected chi connectivity index (χ1v) is 9.95. The minimum atomic E-state index is -0.549. The highest BCUT2D eigenvalue weighted by atomic mass is 16.5. The van der Waals surface area contributed by atoms with Crippen LogP contribution in [0.25, 0.3) is 10.9 Å². The summed E-state index contributed by atoms with van der Waals surface area (Å²) < 4.78 is 7.09. The van der Waals surface area contributed by atoms with Gasteiger partial charge < -0.3 is 21.1 Å². The summed E-state index contributed by atoms with van der Waals surface area (Å²) in [6.45, 7) is 6.54. The molecule has 0 saturated carbocycles. The number of nitrogens with two attached hydrogens (primary N) is 1. The number of ether oxygens (including phenoxy) is 1. The zero-order valence-corrected chi connectivity index (χ0v) is 17.9. The Hall–Kier alpha value is -3.81. The molecule has 0 bridgehead atoms. The highest BCUT2D eigenvalue weighted by Gasteiger charge is 2.22. The lowest BCUT2D eigenvalue weighted by Crippen LogP contribution is -2.36. The molecule has 8 heteroatoms. The number of rotatable bonds is 6. The van der Waals surface area contributed by atoms with Crippen LogP contribution in [0.2, 0.25) is 0 Å². The molecule has 4 rings (SSSR count). The lowest BCUT2D eigenvalue weighted by molar-refractivity contribution is 0.369. The maximum Gasteiger partial charge on any atom is 0.253 e. The Morgan fingerprint density at radius 3 is 2.52 bits per heavy atom. The minimum absolute atomic E-state index is 0.221. The van der Waals surface area contributed by atoms with E-state index in [9.17, 15) is 9.59 Å². The summed E-state index contributed by atoms with van der Waals surface area (Å²) in [4.78, 5) is 24.3. The third-order valence-electron chi connectivity index (χ3n) is 5.13. The number of nitrogens with one attached hydrogen (secondary N) is 2. The van der Waals surface area contributed by atoms with E-state index in [0.29, 0.717) is 18.1 Å². The van der Waals surface area contributed by atoms with Crippen molar-refractivity contribution >= 4 is 33.8 Å². The molecule has 0 aliphatic rings. The quantitative estimate of drug-likeness (QED) is 0.411. The molecule has 1 heterocycles. The van der Waals surface area contributed by atoms with Gasteiger partial charge in [0.1, 0.15) is 17.1 Å². The first-order chi connectivity index (χ1) is 14.7. The van der Waals surface area contributed by atoms with Crippen LogP contribution < -0.4 is 32.0 Å². The number of methoxy groups -OCH3 is 1. The number of fused-ring (bicyclic) bond motifs is 1. The van der Waals surface area contributed by atoms with E-state index in [2.05, 4.69) is 36.5 Å². The Balaban J connectivity index is 1.58. The van der Waals surface area contributed by atoms with Gasteiger partial charge in [0, 0.05) is 17.6 Å². The molecule has 160 valence electrons. The van der Waals surface area contributed by atoms with Crippen LogP contribution in [0.5, 0.6) is 5.75 Å². The second-order valence-electron chi connectivity index (χ2n) is 8.44. The van der Waals surface area contributed by atoms with Crippen molar-refractivity contribution in [1.29, 1.82) is 0 Å². The number of anilines is 4. The molecule has 0 aliphatic carbocycles. The lowest BCUT2D eigenvalue weighted by atomic mass is 10.1. The number of hydrogen-bond acceptors (Lipinski definition) is 7. The van der Waals surface area contributed by atoms with Crippen LogP contribution in [0.15, 0.2) is 52.1 Å².